The molecule has 0 radical (unpaired) electrons. The highest BCUT2D eigenvalue weighted by Gasteiger charge is 2.30. The van der Waals surface area contributed by atoms with Crippen molar-refractivity contribution in [2.75, 3.05) is 7.11 Å². The summed E-state index contributed by atoms with van der Waals surface area (Å²) in [4.78, 5) is 24.9. The first-order chi connectivity index (χ1) is 13.7. The van der Waals surface area contributed by atoms with Gasteiger partial charge in [0.2, 0.25) is 5.91 Å². The highest BCUT2D eigenvalue weighted by Crippen LogP contribution is 2.29. The number of alkyl halides is 3. The molecule has 29 heavy (non-hydrogen) atoms. The predicted octanol–water partition coefficient (Wildman–Crippen LogP) is 2.70. The zero-order chi connectivity index (χ0) is 21.2. The third-order valence-electron chi connectivity index (χ3n) is 4.34. The lowest BCUT2D eigenvalue weighted by Crippen LogP contribution is -2.35. The normalized spacial score (nSPS) is 12.6. The van der Waals surface area contributed by atoms with E-state index in [1.807, 2.05) is 0 Å². The summed E-state index contributed by atoms with van der Waals surface area (Å²) >= 11 is 0. The maximum Gasteiger partial charge on any atom is 0.416 e. The minimum Gasteiger partial charge on any atom is -0.496 e. The van der Waals surface area contributed by atoms with Crippen LogP contribution in [0.2, 0.25) is 0 Å². The molecule has 3 aromatic rings. The Labute approximate surface area is 163 Å². The van der Waals surface area contributed by atoms with Crippen molar-refractivity contribution >= 4 is 16.8 Å². The molecule has 1 atom stereocenters. The number of carbonyl (C=O) groups excluding carboxylic acids is 1. The Morgan fingerprint density at radius 3 is 2.52 bits per heavy atom. The van der Waals surface area contributed by atoms with Gasteiger partial charge in [-0.05, 0) is 36.8 Å². The third kappa shape index (κ3) is 4.36. The number of carbonyl (C=O) groups is 1. The van der Waals surface area contributed by atoms with Crippen LogP contribution in [0.1, 0.15) is 24.1 Å². The molecular weight excluding hydrogens is 389 g/mol. The maximum atomic E-state index is 12.7. The molecule has 1 heterocycles. The van der Waals surface area contributed by atoms with Gasteiger partial charge in [0.25, 0.3) is 5.56 Å². The number of aromatic nitrogens is 3. The Balaban J connectivity index is 1.75. The number of nitrogens with zero attached hydrogens (tertiary/aromatic N) is 3. The van der Waals surface area contributed by atoms with Crippen LogP contribution in [0.5, 0.6) is 5.75 Å². The summed E-state index contributed by atoms with van der Waals surface area (Å²) in [5.74, 6) is -0.224. The SMILES string of the molecule is COc1cccc2nnn(CC(=O)N[C@@H](C)c3ccc(C(F)(F)F)cc3)c(=O)c12. The van der Waals surface area contributed by atoms with E-state index in [0.29, 0.717) is 16.8 Å². The van der Waals surface area contributed by atoms with E-state index >= 15 is 0 Å². The molecule has 0 spiro atoms. The Morgan fingerprint density at radius 1 is 1.21 bits per heavy atom. The molecule has 0 bridgehead atoms. The number of hydrogen-bond acceptors (Lipinski definition) is 5. The summed E-state index contributed by atoms with van der Waals surface area (Å²) in [7, 11) is 1.41. The molecule has 10 heteroatoms. The van der Waals surface area contributed by atoms with Crippen molar-refractivity contribution < 1.29 is 22.7 Å². The second kappa shape index (κ2) is 7.90. The topological polar surface area (TPSA) is 86.1 Å². The fraction of sp³-hybridized carbons (Fsp3) is 0.263. The molecule has 152 valence electrons. The second-order valence-corrected chi connectivity index (χ2v) is 6.32. The Bertz CT molecular complexity index is 1090. The molecule has 0 fully saturated rings. The fourth-order valence-corrected chi connectivity index (χ4v) is 2.83. The summed E-state index contributed by atoms with van der Waals surface area (Å²) in [6.45, 7) is 1.23. The summed E-state index contributed by atoms with van der Waals surface area (Å²) in [5.41, 5.74) is -0.481. The number of halogens is 3. The van der Waals surface area contributed by atoms with E-state index in [1.54, 1.807) is 25.1 Å². The predicted molar refractivity (Wildman–Crippen MR) is 98.4 cm³/mol. The lowest BCUT2D eigenvalue weighted by Gasteiger charge is -2.16. The van der Waals surface area contributed by atoms with E-state index in [9.17, 15) is 22.8 Å². The minimum atomic E-state index is -4.43. The van der Waals surface area contributed by atoms with E-state index in [-0.39, 0.29) is 5.39 Å². The number of methoxy groups -OCH3 is 1. The van der Waals surface area contributed by atoms with Crippen LogP contribution >= 0.6 is 0 Å². The molecule has 0 unspecified atom stereocenters. The van der Waals surface area contributed by atoms with Gasteiger partial charge in [-0.3, -0.25) is 9.59 Å². The number of rotatable bonds is 5. The first kappa shape index (κ1) is 20.3. The van der Waals surface area contributed by atoms with E-state index in [4.69, 9.17) is 4.74 Å². The Hall–Kier alpha value is -3.43. The first-order valence-electron chi connectivity index (χ1n) is 8.57. The van der Waals surface area contributed by atoms with Gasteiger partial charge < -0.3 is 10.1 Å². The summed E-state index contributed by atoms with van der Waals surface area (Å²) in [6, 6.07) is 8.78. The Kier molecular flexibility index (Phi) is 5.53. The van der Waals surface area contributed by atoms with Crippen molar-refractivity contribution in [1.82, 2.24) is 20.3 Å². The van der Waals surface area contributed by atoms with Crippen LogP contribution in [0.15, 0.2) is 47.3 Å². The van der Waals surface area contributed by atoms with Crippen molar-refractivity contribution in [1.29, 1.82) is 0 Å². The number of ether oxygens (including phenoxy) is 1. The summed E-state index contributed by atoms with van der Waals surface area (Å²) in [5, 5.41) is 10.5. The van der Waals surface area contributed by atoms with E-state index in [0.717, 1.165) is 16.8 Å². The first-order valence-corrected chi connectivity index (χ1v) is 8.57. The van der Waals surface area contributed by atoms with E-state index in [1.165, 1.54) is 19.2 Å². The summed E-state index contributed by atoms with van der Waals surface area (Å²) in [6.07, 6.45) is -4.43. The molecule has 3 rings (SSSR count). The molecule has 0 saturated carbocycles. The number of hydrogen-bond donors (Lipinski definition) is 1. The molecule has 2 aromatic carbocycles. The van der Waals surface area contributed by atoms with Crippen molar-refractivity contribution in [3.8, 4) is 5.75 Å². The van der Waals surface area contributed by atoms with Crippen LogP contribution in [0.4, 0.5) is 13.2 Å². The average molecular weight is 406 g/mol. The van der Waals surface area contributed by atoms with Gasteiger partial charge in [0.05, 0.1) is 18.7 Å². The van der Waals surface area contributed by atoms with Crippen LogP contribution < -0.4 is 15.6 Å². The number of nitrogens with one attached hydrogen (secondary N) is 1. The molecule has 1 amide bonds. The van der Waals surface area contributed by atoms with Gasteiger partial charge in [-0.15, -0.1) is 5.10 Å². The number of benzene rings is 2. The standard InChI is InChI=1S/C19H17F3N4O3/c1-11(12-6-8-13(9-7-12)19(20,21)22)23-16(27)10-26-18(28)17-14(24-25-26)4-3-5-15(17)29-2/h3-9,11H,10H2,1-2H3,(H,23,27)/t11-/m0/s1. The van der Waals surface area contributed by atoms with Gasteiger partial charge >= 0.3 is 6.18 Å². The molecule has 0 aliphatic heterocycles. The smallest absolute Gasteiger partial charge is 0.416 e. The van der Waals surface area contributed by atoms with Gasteiger partial charge in [-0.2, -0.15) is 13.2 Å². The van der Waals surface area contributed by atoms with Gasteiger partial charge in [-0.1, -0.05) is 23.4 Å². The monoisotopic (exact) mass is 406 g/mol. The van der Waals surface area contributed by atoms with Gasteiger partial charge in [-0.25, -0.2) is 4.68 Å². The molecule has 1 aromatic heterocycles. The molecule has 1 N–H and O–H groups in total. The van der Waals surface area contributed by atoms with Crippen molar-refractivity contribution in [3.63, 3.8) is 0 Å². The molecule has 7 nitrogen and oxygen atoms in total. The highest BCUT2D eigenvalue weighted by atomic mass is 19.4. The minimum absolute atomic E-state index is 0.202. The van der Waals surface area contributed by atoms with Gasteiger partial charge in [0.1, 0.15) is 23.2 Å². The van der Waals surface area contributed by atoms with E-state index < -0.39 is 35.8 Å². The van der Waals surface area contributed by atoms with Crippen molar-refractivity contribution in [3.05, 3.63) is 63.9 Å². The van der Waals surface area contributed by atoms with Crippen molar-refractivity contribution in [2.24, 2.45) is 0 Å². The molecule has 0 aliphatic rings. The van der Waals surface area contributed by atoms with Crippen LogP contribution in [0, 0.1) is 0 Å². The third-order valence-corrected chi connectivity index (χ3v) is 4.34. The van der Waals surface area contributed by atoms with Crippen LogP contribution in [-0.2, 0) is 17.5 Å². The summed E-state index contributed by atoms with van der Waals surface area (Å²) < 4.78 is 44.0. The fourth-order valence-electron chi connectivity index (χ4n) is 2.83. The average Bonchev–Trinajstić information content (AvgIpc) is 2.69. The number of fused-ring (bicyclic) bond motifs is 1. The van der Waals surface area contributed by atoms with Crippen LogP contribution in [0.25, 0.3) is 10.9 Å². The van der Waals surface area contributed by atoms with Crippen molar-refractivity contribution in [2.45, 2.75) is 25.7 Å². The largest absolute Gasteiger partial charge is 0.496 e. The Morgan fingerprint density at radius 2 is 1.90 bits per heavy atom. The van der Waals surface area contributed by atoms with Gasteiger partial charge in [0.15, 0.2) is 0 Å². The quantitative estimate of drug-likeness (QED) is 0.704. The molecular formula is C19H17F3N4O3. The zero-order valence-corrected chi connectivity index (χ0v) is 15.5. The van der Waals surface area contributed by atoms with Crippen LogP contribution in [0.3, 0.4) is 0 Å². The maximum absolute atomic E-state index is 12.7. The molecule has 0 aliphatic carbocycles. The lowest BCUT2D eigenvalue weighted by atomic mass is 10.1. The zero-order valence-electron chi connectivity index (χ0n) is 15.5. The lowest BCUT2D eigenvalue weighted by molar-refractivity contribution is -0.137. The second-order valence-electron chi connectivity index (χ2n) is 6.32. The van der Waals surface area contributed by atoms with E-state index in [2.05, 4.69) is 15.6 Å². The van der Waals surface area contributed by atoms with Gasteiger partial charge in [0, 0.05) is 0 Å². The number of amides is 1. The highest BCUT2D eigenvalue weighted by molar-refractivity contribution is 5.84. The molecule has 0 saturated heterocycles. The van der Waals surface area contributed by atoms with Crippen LogP contribution in [-0.4, -0.2) is 28.0 Å².